The number of allylic oxidation sites excluding steroid dienone is 2. The normalized spacial score (nSPS) is 22.7. The van der Waals surface area contributed by atoms with Crippen LogP contribution in [0, 0.1) is 0 Å². The number of carbonyl (C=O) groups is 2. The SMILES string of the molecule is COC(=O)Cc1c(-c2ccc3c(c2)OCO3)cc2c(c1C(=O)OC)C13OCOC1C=CC=C3C=C2. The van der Waals surface area contributed by atoms with Crippen LogP contribution in [0.25, 0.3) is 17.2 Å². The third kappa shape index (κ3) is 3.14. The summed E-state index contributed by atoms with van der Waals surface area (Å²) in [7, 11) is 2.64. The third-order valence-corrected chi connectivity index (χ3v) is 6.83. The summed E-state index contributed by atoms with van der Waals surface area (Å²) in [4.78, 5) is 26.0. The monoisotopic (exact) mass is 474 g/mol. The summed E-state index contributed by atoms with van der Waals surface area (Å²) in [6.45, 7) is 0.203. The molecule has 2 aromatic rings. The van der Waals surface area contributed by atoms with Gasteiger partial charge in [-0.15, -0.1) is 0 Å². The smallest absolute Gasteiger partial charge is 0.338 e. The molecule has 0 amide bonds. The molecule has 2 aliphatic carbocycles. The first-order valence-corrected chi connectivity index (χ1v) is 11.1. The van der Waals surface area contributed by atoms with E-state index in [0.717, 1.165) is 16.7 Å². The number of hydrogen-bond acceptors (Lipinski definition) is 8. The van der Waals surface area contributed by atoms with Gasteiger partial charge < -0.3 is 28.4 Å². The quantitative estimate of drug-likeness (QED) is 0.620. The molecule has 178 valence electrons. The van der Waals surface area contributed by atoms with Gasteiger partial charge in [-0.05, 0) is 46.0 Å². The zero-order chi connectivity index (χ0) is 24.2. The van der Waals surface area contributed by atoms with E-state index in [2.05, 4.69) is 0 Å². The van der Waals surface area contributed by atoms with E-state index in [-0.39, 0.29) is 25.6 Å². The lowest BCUT2D eigenvalue weighted by Crippen LogP contribution is -2.42. The van der Waals surface area contributed by atoms with Crippen LogP contribution in [0.2, 0.25) is 0 Å². The predicted octanol–water partition coefficient (Wildman–Crippen LogP) is 3.68. The predicted molar refractivity (Wildman–Crippen MR) is 124 cm³/mol. The zero-order valence-corrected chi connectivity index (χ0v) is 19.2. The molecule has 0 aromatic heterocycles. The van der Waals surface area contributed by atoms with Crippen molar-refractivity contribution in [3.8, 4) is 22.6 Å². The van der Waals surface area contributed by atoms with Crippen molar-refractivity contribution in [3.63, 3.8) is 0 Å². The van der Waals surface area contributed by atoms with E-state index in [1.165, 1.54) is 14.2 Å². The van der Waals surface area contributed by atoms with Crippen molar-refractivity contribution in [2.45, 2.75) is 18.1 Å². The van der Waals surface area contributed by atoms with E-state index < -0.39 is 23.6 Å². The van der Waals surface area contributed by atoms with E-state index >= 15 is 0 Å². The van der Waals surface area contributed by atoms with Gasteiger partial charge >= 0.3 is 11.9 Å². The van der Waals surface area contributed by atoms with Gasteiger partial charge in [0, 0.05) is 5.56 Å². The Balaban J connectivity index is 1.67. The fourth-order valence-corrected chi connectivity index (χ4v) is 5.27. The van der Waals surface area contributed by atoms with E-state index in [4.69, 9.17) is 28.4 Å². The van der Waals surface area contributed by atoms with E-state index in [0.29, 0.717) is 28.2 Å². The Hall–Kier alpha value is -3.88. The highest BCUT2D eigenvalue weighted by atomic mass is 16.7. The van der Waals surface area contributed by atoms with Gasteiger partial charge in [-0.1, -0.05) is 36.4 Å². The molecule has 8 nitrogen and oxygen atoms in total. The van der Waals surface area contributed by atoms with Gasteiger partial charge in [0.25, 0.3) is 0 Å². The molecular weight excluding hydrogens is 452 g/mol. The Morgan fingerprint density at radius 2 is 1.91 bits per heavy atom. The molecule has 0 N–H and O–H groups in total. The van der Waals surface area contributed by atoms with Crippen molar-refractivity contribution in [1.29, 1.82) is 0 Å². The molecule has 4 aliphatic rings. The summed E-state index contributed by atoms with van der Waals surface area (Å²) < 4.78 is 33.4. The summed E-state index contributed by atoms with van der Waals surface area (Å²) >= 11 is 0. The number of fused-ring (bicyclic) bond motifs is 2. The van der Waals surface area contributed by atoms with Crippen LogP contribution in [0.5, 0.6) is 11.5 Å². The van der Waals surface area contributed by atoms with Crippen LogP contribution in [0.15, 0.2) is 54.1 Å². The number of rotatable bonds is 4. The number of esters is 2. The van der Waals surface area contributed by atoms with Crippen molar-refractivity contribution >= 4 is 18.0 Å². The highest BCUT2D eigenvalue weighted by Crippen LogP contribution is 2.52. The number of ether oxygens (including phenoxy) is 6. The summed E-state index contributed by atoms with van der Waals surface area (Å²) in [5, 5.41) is 0. The van der Waals surface area contributed by atoms with Gasteiger partial charge in [0.1, 0.15) is 12.9 Å². The second-order valence-corrected chi connectivity index (χ2v) is 8.48. The minimum Gasteiger partial charge on any atom is -0.469 e. The first-order valence-electron chi connectivity index (χ1n) is 11.1. The average molecular weight is 474 g/mol. The van der Waals surface area contributed by atoms with Gasteiger partial charge in [0.05, 0.1) is 26.2 Å². The number of benzene rings is 2. The lowest BCUT2D eigenvalue weighted by Gasteiger charge is -2.40. The highest BCUT2D eigenvalue weighted by molar-refractivity contribution is 6.00. The van der Waals surface area contributed by atoms with E-state index in [1.807, 2.05) is 54.6 Å². The molecule has 2 heterocycles. The molecule has 1 spiro atoms. The molecule has 0 radical (unpaired) electrons. The fourth-order valence-electron chi connectivity index (χ4n) is 5.27. The Morgan fingerprint density at radius 3 is 2.74 bits per heavy atom. The van der Waals surface area contributed by atoms with Crippen LogP contribution in [0.1, 0.15) is 27.0 Å². The molecule has 6 rings (SSSR count). The maximum Gasteiger partial charge on any atom is 0.338 e. The van der Waals surface area contributed by atoms with Gasteiger partial charge in [-0.25, -0.2) is 4.79 Å². The molecule has 8 heteroatoms. The maximum atomic E-state index is 13.4. The number of carbonyl (C=O) groups excluding carboxylic acids is 2. The Bertz CT molecular complexity index is 1350. The molecular formula is C27H22O8. The Kier molecular flexibility index (Phi) is 5.01. The Labute approximate surface area is 201 Å². The van der Waals surface area contributed by atoms with Crippen molar-refractivity contribution < 1.29 is 38.0 Å². The first kappa shape index (κ1) is 21.6. The summed E-state index contributed by atoms with van der Waals surface area (Å²) in [6.07, 6.45) is 9.10. The van der Waals surface area contributed by atoms with Gasteiger partial charge in [-0.2, -0.15) is 0 Å². The molecule has 2 unspecified atom stereocenters. The lowest BCUT2D eigenvalue weighted by atomic mass is 9.69. The van der Waals surface area contributed by atoms with E-state index in [1.54, 1.807) is 0 Å². The first-order chi connectivity index (χ1) is 17.1. The molecule has 1 saturated heterocycles. The summed E-state index contributed by atoms with van der Waals surface area (Å²) in [5.41, 5.74) is 3.42. The maximum absolute atomic E-state index is 13.4. The molecule has 2 atom stereocenters. The third-order valence-electron chi connectivity index (χ3n) is 6.83. The molecule has 1 fully saturated rings. The van der Waals surface area contributed by atoms with Gasteiger partial charge in [0.15, 0.2) is 17.1 Å². The van der Waals surface area contributed by atoms with Gasteiger partial charge in [0.2, 0.25) is 6.79 Å². The van der Waals surface area contributed by atoms with Crippen LogP contribution in [-0.2, 0) is 35.8 Å². The van der Waals surface area contributed by atoms with Crippen molar-refractivity contribution in [2.24, 2.45) is 0 Å². The van der Waals surface area contributed by atoms with Crippen LogP contribution < -0.4 is 9.47 Å². The molecule has 0 saturated carbocycles. The average Bonchev–Trinajstić information content (AvgIpc) is 3.53. The summed E-state index contributed by atoms with van der Waals surface area (Å²) in [5.74, 6) is 0.167. The fraction of sp³-hybridized carbons (Fsp3) is 0.259. The molecule has 0 bridgehead atoms. The minimum absolute atomic E-state index is 0.0660. The molecule has 2 aromatic carbocycles. The second-order valence-electron chi connectivity index (χ2n) is 8.48. The van der Waals surface area contributed by atoms with Crippen molar-refractivity contribution in [3.05, 3.63) is 76.4 Å². The largest absolute Gasteiger partial charge is 0.469 e. The Morgan fingerprint density at radius 1 is 1.06 bits per heavy atom. The van der Waals surface area contributed by atoms with E-state index in [9.17, 15) is 9.59 Å². The van der Waals surface area contributed by atoms with Crippen LogP contribution in [0.3, 0.4) is 0 Å². The highest BCUT2D eigenvalue weighted by Gasteiger charge is 2.54. The minimum atomic E-state index is -1.03. The molecule has 2 aliphatic heterocycles. The van der Waals surface area contributed by atoms with Crippen LogP contribution >= 0.6 is 0 Å². The summed E-state index contributed by atoms with van der Waals surface area (Å²) in [6, 6.07) is 7.47. The van der Waals surface area contributed by atoms with Crippen LogP contribution in [-0.4, -0.2) is 45.8 Å². The van der Waals surface area contributed by atoms with Crippen LogP contribution in [0.4, 0.5) is 0 Å². The molecule has 35 heavy (non-hydrogen) atoms. The number of hydrogen-bond donors (Lipinski definition) is 0. The van der Waals surface area contributed by atoms with Crippen molar-refractivity contribution in [2.75, 3.05) is 27.8 Å². The standard InChI is InChI=1S/C27H22O8/c1-30-23(28)12-19-18(15-7-9-20-21(11-15)33-13-32-20)10-16-6-8-17-4-3-5-22-27(17,35-14-34-22)25(16)24(19)26(29)31-2/h3-11,22H,12-14H2,1-2H3. The lowest BCUT2D eigenvalue weighted by molar-refractivity contribution is -0.139. The zero-order valence-electron chi connectivity index (χ0n) is 19.2. The van der Waals surface area contributed by atoms with Crippen molar-refractivity contribution in [1.82, 2.24) is 0 Å². The topological polar surface area (TPSA) is 89.5 Å². The second kappa shape index (κ2) is 8.11. The number of methoxy groups -OCH3 is 2. The van der Waals surface area contributed by atoms with Gasteiger partial charge in [-0.3, -0.25) is 4.79 Å².